The molecule has 0 unspecified atom stereocenters. The molecule has 0 radical (unpaired) electrons. The largest absolute Gasteiger partial charge is 0.358 e. The lowest BCUT2D eigenvalue weighted by Gasteiger charge is -1.99. The minimum atomic E-state index is -0.306. The summed E-state index contributed by atoms with van der Waals surface area (Å²) in [5, 5.41) is 6.84. The van der Waals surface area contributed by atoms with Crippen molar-refractivity contribution in [3.05, 3.63) is 34.0 Å². The van der Waals surface area contributed by atoms with Gasteiger partial charge in [-0.1, -0.05) is 23.1 Å². The van der Waals surface area contributed by atoms with Crippen molar-refractivity contribution in [2.75, 3.05) is 12.8 Å². The van der Waals surface area contributed by atoms with E-state index in [1.807, 2.05) is 0 Å². The standard InChI is InChI=1S/C11H10FN3OS3/c1-13-9(16)6-18-10-14-15(11(17)19-10)8-4-2-7(12)3-5-8/h2-5H,6H2,1H3,(H,13,16). The lowest BCUT2D eigenvalue weighted by molar-refractivity contribution is -0.118. The van der Waals surface area contributed by atoms with Crippen molar-refractivity contribution in [1.82, 2.24) is 15.1 Å². The van der Waals surface area contributed by atoms with E-state index in [1.54, 1.807) is 23.9 Å². The number of rotatable bonds is 4. The first-order valence-electron chi connectivity index (χ1n) is 5.29. The molecule has 0 saturated heterocycles. The predicted octanol–water partition coefficient (Wildman–Crippen LogP) is 2.64. The maximum atomic E-state index is 12.9. The minimum Gasteiger partial charge on any atom is -0.358 e. The van der Waals surface area contributed by atoms with Gasteiger partial charge in [0.05, 0.1) is 11.4 Å². The maximum absolute atomic E-state index is 12.9. The van der Waals surface area contributed by atoms with Gasteiger partial charge < -0.3 is 5.32 Å². The average Bonchev–Trinajstić information content (AvgIpc) is 2.78. The molecule has 100 valence electrons. The molecule has 1 N–H and O–H groups in total. The van der Waals surface area contributed by atoms with E-state index < -0.39 is 0 Å². The van der Waals surface area contributed by atoms with Gasteiger partial charge in [0.1, 0.15) is 5.82 Å². The SMILES string of the molecule is CNC(=O)CSc1nn(-c2ccc(F)cc2)c(=S)s1. The molecule has 0 atom stereocenters. The molecule has 0 fully saturated rings. The summed E-state index contributed by atoms with van der Waals surface area (Å²) in [6, 6.07) is 5.93. The van der Waals surface area contributed by atoms with Gasteiger partial charge in [-0.3, -0.25) is 4.79 Å². The van der Waals surface area contributed by atoms with Crippen LogP contribution in [0.15, 0.2) is 28.6 Å². The lowest BCUT2D eigenvalue weighted by Crippen LogP contribution is -2.19. The number of thioether (sulfide) groups is 1. The van der Waals surface area contributed by atoms with Crippen LogP contribution in [-0.4, -0.2) is 28.5 Å². The third-order valence-electron chi connectivity index (χ3n) is 2.21. The van der Waals surface area contributed by atoms with E-state index >= 15 is 0 Å². The quantitative estimate of drug-likeness (QED) is 0.696. The van der Waals surface area contributed by atoms with Crippen LogP contribution >= 0.6 is 35.3 Å². The zero-order valence-electron chi connectivity index (χ0n) is 9.92. The highest BCUT2D eigenvalue weighted by Crippen LogP contribution is 2.23. The lowest BCUT2D eigenvalue weighted by atomic mass is 10.3. The van der Waals surface area contributed by atoms with E-state index in [0.29, 0.717) is 19.7 Å². The first-order valence-corrected chi connectivity index (χ1v) is 7.50. The molecule has 1 aromatic heterocycles. The molecule has 0 aliphatic carbocycles. The van der Waals surface area contributed by atoms with E-state index in [2.05, 4.69) is 10.4 Å². The van der Waals surface area contributed by atoms with Gasteiger partial charge in [-0.15, -0.1) is 5.10 Å². The van der Waals surface area contributed by atoms with Crippen LogP contribution in [0.5, 0.6) is 0 Å². The summed E-state index contributed by atoms with van der Waals surface area (Å²) in [6.07, 6.45) is 0. The van der Waals surface area contributed by atoms with Crippen LogP contribution in [0.3, 0.4) is 0 Å². The van der Waals surface area contributed by atoms with Gasteiger partial charge in [-0.2, -0.15) is 0 Å². The number of nitrogens with one attached hydrogen (secondary N) is 1. The Bertz CT molecular complexity index is 635. The van der Waals surface area contributed by atoms with Gasteiger partial charge in [-0.25, -0.2) is 9.07 Å². The van der Waals surface area contributed by atoms with E-state index in [-0.39, 0.29) is 11.7 Å². The fourth-order valence-electron chi connectivity index (χ4n) is 1.26. The van der Waals surface area contributed by atoms with Crippen LogP contribution in [0.1, 0.15) is 0 Å². The van der Waals surface area contributed by atoms with Crippen molar-refractivity contribution < 1.29 is 9.18 Å². The molecule has 4 nitrogen and oxygen atoms in total. The van der Waals surface area contributed by atoms with Crippen LogP contribution < -0.4 is 5.32 Å². The number of amides is 1. The Morgan fingerprint density at radius 3 is 2.84 bits per heavy atom. The van der Waals surface area contributed by atoms with E-state index in [4.69, 9.17) is 12.2 Å². The first kappa shape index (κ1) is 14.2. The van der Waals surface area contributed by atoms with Gasteiger partial charge in [0.15, 0.2) is 8.29 Å². The second kappa shape index (κ2) is 6.27. The molecule has 0 spiro atoms. The fraction of sp³-hybridized carbons (Fsp3) is 0.182. The van der Waals surface area contributed by atoms with Crippen molar-refractivity contribution in [2.24, 2.45) is 0 Å². The van der Waals surface area contributed by atoms with Gasteiger partial charge in [0, 0.05) is 7.05 Å². The number of halogens is 1. The van der Waals surface area contributed by atoms with Gasteiger partial charge in [0.2, 0.25) is 5.91 Å². The van der Waals surface area contributed by atoms with Gasteiger partial charge >= 0.3 is 0 Å². The summed E-state index contributed by atoms with van der Waals surface area (Å²) in [5.41, 5.74) is 0.703. The molecule has 1 heterocycles. The molecule has 19 heavy (non-hydrogen) atoms. The van der Waals surface area contributed by atoms with Crippen LogP contribution in [0.2, 0.25) is 0 Å². The van der Waals surface area contributed by atoms with Crippen LogP contribution in [0.25, 0.3) is 5.69 Å². The topological polar surface area (TPSA) is 46.9 Å². The van der Waals surface area contributed by atoms with E-state index in [0.717, 1.165) is 0 Å². The molecular weight excluding hydrogens is 305 g/mol. The predicted molar refractivity (Wildman–Crippen MR) is 77.0 cm³/mol. The molecule has 1 amide bonds. The molecule has 0 bridgehead atoms. The van der Waals surface area contributed by atoms with Crippen molar-refractivity contribution >= 4 is 41.2 Å². The smallest absolute Gasteiger partial charge is 0.230 e. The second-order valence-electron chi connectivity index (χ2n) is 3.48. The Balaban J connectivity index is 2.19. The molecule has 1 aromatic carbocycles. The number of nitrogens with zero attached hydrogens (tertiary/aromatic N) is 2. The number of carbonyl (C=O) groups is 1. The zero-order chi connectivity index (χ0) is 13.8. The number of carbonyl (C=O) groups excluding carboxylic acids is 1. The minimum absolute atomic E-state index is 0.0700. The Morgan fingerprint density at radius 2 is 2.21 bits per heavy atom. The van der Waals surface area contributed by atoms with Crippen molar-refractivity contribution in [3.63, 3.8) is 0 Å². The first-order chi connectivity index (χ1) is 9.10. The summed E-state index contributed by atoms with van der Waals surface area (Å²) in [7, 11) is 1.59. The molecule has 0 saturated carbocycles. The highest BCUT2D eigenvalue weighted by Gasteiger charge is 2.08. The normalized spacial score (nSPS) is 10.4. The zero-order valence-corrected chi connectivity index (χ0v) is 12.4. The molecule has 0 aliphatic rings. The molecular formula is C11H10FN3OS3. The summed E-state index contributed by atoms with van der Waals surface area (Å²) < 4.78 is 15.7. The van der Waals surface area contributed by atoms with Crippen LogP contribution in [-0.2, 0) is 4.79 Å². The Kier molecular flexibility index (Phi) is 4.67. The summed E-state index contributed by atoms with van der Waals surface area (Å²) in [4.78, 5) is 11.2. The monoisotopic (exact) mass is 315 g/mol. The van der Waals surface area contributed by atoms with Gasteiger partial charge in [0.25, 0.3) is 0 Å². The van der Waals surface area contributed by atoms with Crippen molar-refractivity contribution in [1.29, 1.82) is 0 Å². The highest BCUT2D eigenvalue weighted by molar-refractivity contribution is 8.01. The second-order valence-corrected chi connectivity index (χ2v) is 6.33. The molecule has 2 aromatic rings. The van der Waals surface area contributed by atoms with E-state index in [9.17, 15) is 9.18 Å². The van der Waals surface area contributed by atoms with Crippen LogP contribution in [0.4, 0.5) is 4.39 Å². The highest BCUT2D eigenvalue weighted by atomic mass is 32.2. The Labute approximate surface area is 122 Å². The number of hydrogen-bond donors (Lipinski definition) is 1. The maximum Gasteiger partial charge on any atom is 0.230 e. The number of benzene rings is 1. The van der Waals surface area contributed by atoms with Crippen LogP contribution in [0, 0.1) is 9.77 Å². The molecule has 0 aliphatic heterocycles. The Hall–Kier alpha value is -1.25. The summed E-state index contributed by atoms with van der Waals surface area (Å²) in [5.74, 6) is -0.0819. The number of hydrogen-bond acceptors (Lipinski definition) is 5. The number of aromatic nitrogens is 2. The Morgan fingerprint density at radius 1 is 1.53 bits per heavy atom. The fourth-order valence-corrected chi connectivity index (χ4v) is 3.50. The molecule has 8 heteroatoms. The summed E-state index contributed by atoms with van der Waals surface area (Å²) >= 11 is 7.85. The van der Waals surface area contributed by atoms with E-state index in [1.165, 1.54) is 35.2 Å². The third-order valence-corrected chi connectivity index (χ3v) is 4.57. The molecule has 2 rings (SSSR count). The van der Waals surface area contributed by atoms with Crippen molar-refractivity contribution in [2.45, 2.75) is 4.34 Å². The third kappa shape index (κ3) is 3.62. The van der Waals surface area contributed by atoms with Crippen molar-refractivity contribution in [3.8, 4) is 5.69 Å². The van der Waals surface area contributed by atoms with Gasteiger partial charge in [-0.05, 0) is 36.5 Å². The summed E-state index contributed by atoms with van der Waals surface area (Å²) in [6.45, 7) is 0. The average molecular weight is 315 g/mol.